The van der Waals surface area contributed by atoms with Gasteiger partial charge in [0.1, 0.15) is 18.9 Å². The Hall–Kier alpha value is -3.39. The van der Waals surface area contributed by atoms with Crippen LogP contribution in [0.1, 0.15) is 15.4 Å². The molecule has 1 aliphatic heterocycles. The molecular weight excluding hydrogens is 392 g/mol. The third-order valence-electron chi connectivity index (χ3n) is 4.23. The van der Waals surface area contributed by atoms with E-state index in [2.05, 4.69) is 4.98 Å². The van der Waals surface area contributed by atoms with Crippen molar-refractivity contribution in [2.75, 3.05) is 24.7 Å². The molecule has 4 rings (SSSR count). The summed E-state index contributed by atoms with van der Waals surface area (Å²) in [6, 6.07) is 14.1. The van der Waals surface area contributed by atoms with Crippen molar-refractivity contribution < 1.29 is 23.8 Å². The second-order valence-corrected chi connectivity index (χ2v) is 7.21. The number of thiophene rings is 1. The third-order valence-corrected chi connectivity index (χ3v) is 5.09. The second-order valence-electron chi connectivity index (χ2n) is 6.18. The summed E-state index contributed by atoms with van der Waals surface area (Å²) in [5, 5.41) is 1.95. The normalized spacial score (nSPS) is 12.3. The number of ether oxygens (including phenoxy) is 3. The van der Waals surface area contributed by atoms with E-state index >= 15 is 0 Å². The van der Waals surface area contributed by atoms with Gasteiger partial charge in [-0.25, -0.2) is 9.78 Å². The van der Waals surface area contributed by atoms with Crippen LogP contribution in [0.5, 0.6) is 11.5 Å². The summed E-state index contributed by atoms with van der Waals surface area (Å²) in [7, 11) is 0. The molecule has 1 amide bonds. The zero-order valence-corrected chi connectivity index (χ0v) is 16.3. The van der Waals surface area contributed by atoms with E-state index in [1.807, 2.05) is 17.5 Å². The summed E-state index contributed by atoms with van der Waals surface area (Å²) in [5.41, 5.74) is 0.797. The summed E-state index contributed by atoms with van der Waals surface area (Å²) >= 11 is 1.55. The zero-order valence-electron chi connectivity index (χ0n) is 15.4. The quantitative estimate of drug-likeness (QED) is 0.580. The highest BCUT2D eigenvalue weighted by molar-refractivity contribution is 7.09. The lowest BCUT2D eigenvalue weighted by Crippen LogP contribution is -2.34. The Balaban J connectivity index is 1.52. The van der Waals surface area contributed by atoms with Gasteiger partial charge in [0.15, 0.2) is 18.1 Å². The molecule has 0 N–H and O–H groups in total. The van der Waals surface area contributed by atoms with Gasteiger partial charge in [-0.1, -0.05) is 12.1 Å². The summed E-state index contributed by atoms with van der Waals surface area (Å²) in [4.78, 5) is 31.6. The van der Waals surface area contributed by atoms with Gasteiger partial charge in [0.2, 0.25) is 0 Å². The average Bonchev–Trinajstić information content (AvgIpc) is 3.29. The minimum atomic E-state index is -0.641. The minimum Gasteiger partial charge on any atom is -0.486 e. The van der Waals surface area contributed by atoms with Gasteiger partial charge in [-0.05, 0) is 35.7 Å². The first kappa shape index (κ1) is 18.9. The van der Waals surface area contributed by atoms with Crippen molar-refractivity contribution in [2.45, 2.75) is 6.54 Å². The van der Waals surface area contributed by atoms with Crippen LogP contribution in [0.4, 0.5) is 5.69 Å². The van der Waals surface area contributed by atoms with Crippen LogP contribution in [0, 0.1) is 0 Å². The Morgan fingerprint density at radius 1 is 1.07 bits per heavy atom. The van der Waals surface area contributed by atoms with Gasteiger partial charge in [-0.2, -0.15) is 0 Å². The van der Waals surface area contributed by atoms with Crippen molar-refractivity contribution in [3.63, 3.8) is 0 Å². The number of anilines is 1. The number of aromatic nitrogens is 1. The molecule has 0 atom stereocenters. The highest BCUT2D eigenvalue weighted by Gasteiger charge is 2.22. The number of fused-ring (bicyclic) bond motifs is 1. The number of rotatable bonds is 6. The van der Waals surface area contributed by atoms with Gasteiger partial charge in [-0.15, -0.1) is 11.3 Å². The molecule has 29 heavy (non-hydrogen) atoms. The number of nitrogens with zero attached hydrogens (tertiary/aromatic N) is 2. The molecule has 0 fully saturated rings. The fourth-order valence-corrected chi connectivity index (χ4v) is 3.54. The van der Waals surface area contributed by atoms with Crippen LogP contribution in [0.25, 0.3) is 0 Å². The van der Waals surface area contributed by atoms with E-state index in [-0.39, 0.29) is 11.6 Å². The number of benzene rings is 1. The topological polar surface area (TPSA) is 78.0 Å². The largest absolute Gasteiger partial charge is 0.486 e. The fraction of sp³-hybridized carbons (Fsp3) is 0.190. The van der Waals surface area contributed by atoms with Gasteiger partial charge in [0, 0.05) is 22.8 Å². The Kier molecular flexibility index (Phi) is 5.71. The standard InChI is InChI=1S/C21H18N2O5S/c24-20(14-28-21(25)17-5-1-2-8-22-17)23(13-16-4-3-11-29-16)15-6-7-18-19(12-15)27-10-9-26-18/h1-8,11-12H,9-10,13-14H2. The maximum absolute atomic E-state index is 12.9. The Bertz CT molecular complexity index is 992. The average molecular weight is 410 g/mol. The number of hydrogen-bond donors (Lipinski definition) is 0. The minimum absolute atomic E-state index is 0.157. The van der Waals surface area contributed by atoms with Crippen LogP contribution in [-0.2, 0) is 16.1 Å². The summed E-state index contributed by atoms with van der Waals surface area (Å²) < 4.78 is 16.4. The van der Waals surface area contributed by atoms with Crippen molar-refractivity contribution in [1.29, 1.82) is 0 Å². The fourth-order valence-electron chi connectivity index (χ4n) is 2.84. The Morgan fingerprint density at radius 3 is 2.69 bits per heavy atom. The van der Waals surface area contributed by atoms with Crippen LogP contribution in [0.2, 0.25) is 0 Å². The summed E-state index contributed by atoms with van der Waals surface area (Å²) in [6.45, 7) is 0.914. The molecule has 0 bridgehead atoms. The lowest BCUT2D eigenvalue weighted by atomic mass is 10.2. The number of carbonyl (C=O) groups is 2. The molecule has 0 aliphatic carbocycles. The molecule has 3 aromatic rings. The molecule has 8 heteroatoms. The molecule has 1 aromatic carbocycles. The molecular formula is C21H18N2O5S. The first-order valence-electron chi connectivity index (χ1n) is 9.01. The molecule has 3 heterocycles. The number of amides is 1. The molecule has 2 aromatic heterocycles. The van der Waals surface area contributed by atoms with Crippen molar-refractivity contribution in [1.82, 2.24) is 4.98 Å². The van der Waals surface area contributed by atoms with Crippen molar-refractivity contribution >= 4 is 28.9 Å². The van der Waals surface area contributed by atoms with E-state index in [1.165, 1.54) is 12.3 Å². The number of hydrogen-bond acceptors (Lipinski definition) is 7. The zero-order chi connectivity index (χ0) is 20.1. The van der Waals surface area contributed by atoms with Gasteiger partial charge in [0.05, 0.1) is 6.54 Å². The van der Waals surface area contributed by atoms with Crippen LogP contribution < -0.4 is 14.4 Å². The molecule has 1 aliphatic rings. The van der Waals surface area contributed by atoms with E-state index in [4.69, 9.17) is 14.2 Å². The maximum atomic E-state index is 12.9. The molecule has 0 saturated heterocycles. The van der Waals surface area contributed by atoms with Crippen molar-refractivity contribution in [2.24, 2.45) is 0 Å². The SMILES string of the molecule is O=C(OCC(=O)N(Cc1cccs1)c1ccc2c(c1)OCCO2)c1ccccn1. The Morgan fingerprint density at radius 2 is 1.93 bits per heavy atom. The van der Waals surface area contributed by atoms with E-state index in [0.29, 0.717) is 36.9 Å². The van der Waals surface area contributed by atoms with Crippen molar-refractivity contribution in [3.05, 3.63) is 70.7 Å². The molecule has 0 spiro atoms. The van der Waals surface area contributed by atoms with Crippen LogP contribution in [0.15, 0.2) is 60.1 Å². The lowest BCUT2D eigenvalue weighted by Gasteiger charge is -2.25. The monoisotopic (exact) mass is 410 g/mol. The van der Waals surface area contributed by atoms with Crippen LogP contribution >= 0.6 is 11.3 Å². The van der Waals surface area contributed by atoms with Gasteiger partial charge in [0.25, 0.3) is 5.91 Å². The van der Waals surface area contributed by atoms with Gasteiger partial charge >= 0.3 is 5.97 Å². The Labute approximate surface area is 171 Å². The van der Waals surface area contributed by atoms with E-state index in [9.17, 15) is 9.59 Å². The number of carbonyl (C=O) groups excluding carboxylic acids is 2. The second kappa shape index (κ2) is 8.74. The predicted molar refractivity (Wildman–Crippen MR) is 107 cm³/mol. The molecule has 0 unspecified atom stereocenters. The summed E-state index contributed by atoms with van der Waals surface area (Å²) in [5.74, 6) is 0.241. The van der Waals surface area contributed by atoms with Crippen LogP contribution in [-0.4, -0.2) is 36.7 Å². The lowest BCUT2D eigenvalue weighted by molar-refractivity contribution is -0.121. The summed E-state index contributed by atoms with van der Waals surface area (Å²) in [6.07, 6.45) is 1.50. The smallest absolute Gasteiger partial charge is 0.357 e. The first-order chi connectivity index (χ1) is 14.2. The van der Waals surface area contributed by atoms with E-state index < -0.39 is 12.6 Å². The molecule has 0 radical (unpaired) electrons. The first-order valence-corrected chi connectivity index (χ1v) is 9.89. The van der Waals surface area contributed by atoms with Crippen molar-refractivity contribution in [3.8, 4) is 11.5 Å². The van der Waals surface area contributed by atoms with E-state index in [0.717, 1.165) is 4.88 Å². The third kappa shape index (κ3) is 4.55. The molecule has 7 nitrogen and oxygen atoms in total. The maximum Gasteiger partial charge on any atom is 0.357 e. The van der Waals surface area contributed by atoms with Gasteiger partial charge < -0.3 is 19.1 Å². The van der Waals surface area contributed by atoms with Crippen LogP contribution in [0.3, 0.4) is 0 Å². The predicted octanol–water partition coefficient (Wildman–Crippen LogP) is 3.30. The number of pyridine rings is 1. The highest BCUT2D eigenvalue weighted by Crippen LogP contribution is 2.34. The van der Waals surface area contributed by atoms with E-state index in [1.54, 1.807) is 46.6 Å². The molecule has 148 valence electrons. The van der Waals surface area contributed by atoms with Gasteiger partial charge in [-0.3, -0.25) is 4.79 Å². The number of esters is 1. The molecule has 0 saturated carbocycles. The highest BCUT2D eigenvalue weighted by atomic mass is 32.1.